The fourth-order valence-electron chi connectivity index (χ4n) is 2.01. The van der Waals surface area contributed by atoms with Crippen molar-refractivity contribution in [3.63, 3.8) is 0 Å². The Hall–Kier alpha value is -0.850. The largest absolute Gasteiger partial charge is 0.323 e. The van der Waals surface area contributed by atoms with Gasteiger partial charge in [0, 0.05) is 14.2 Å². The molecule has 0 amide bonds. The van der Waals surface area contributed by atoms with Crippen LogP contribution in [0.15, 0.2) is 33.5 Å². The van der Waals surface area contributed by atoms with Crippen LogP contribution in [0.25, 0.3) is 11.0 Å². The Bertz CT molecular complexity index is 802. The zero-order valence-corrected chi connectivity index (χ0v) is 13.9. The number of rotatable bonds is 2. The van der Waals surface area contributed by atoms with Gasteiger partial charge in [-0.15, -0.1) is 11.3 Å². The molecule has 3 aromatic rings. The number of aromatic amines is 2. The molecule has 98 valence electrons. The summed E-state index contributed by atoms with van der Waals surface area (Å²) in [5, 5.41) is 0. The van der Waals surface area contributed by atoms with Gasteiger partial charge in [0.25, 0.3) is 0 Å². The summed E-state index contributed by atoms with van der Waals surface area (Å²) >= 11 is 9.06. The van der Waals surface area contributed by atoms with Gasteiger partial charge in [0.1, 0.15) is 0 Å². The predicted molar refractivity (Wildman–Crippen MR) is 86.4 cm³/mol. The number of alkyl halides is 1. The van der Waals surface area contributed by atoms with E-state index in [2.05, 4.69) is 60.9 Å². The molecule has 0 saturated heterocycles. The Kier molecular flexibility index (Phi) is 3.41. The molecule has 3 nitrogen and oxygen atoms in total. The minimum absolute atomic E-state index is 0.114. The molecule has 0 spiro atoms. The first kappa shape index (κ1) is 13.1. The molecule has 2 N–H and O–H groups in total. The maximum atomic E-state index is 11.3. The Morgan fingerprint density at radius 3 is 2.53 bits per heavy atom. The van der Waals surface area contributed by atoms with Crippen LogP contribution in [0.1, 0.15) is 20.1 Å². The predicted octanol–water partition coefficient (Wildman–Crippen LogP) is 4.47. The van der Waals surface area contributed by atoms with E-state index in [1.54, 1.807) is 11.3 Å². The van der Waals surface area contributed by atoms with Crippen molar-refractivity contribution < 1.29 is 0 Å². The highest BCUT2D eigenvalue weighted by molar-refractivity contribution is 9.11. The third-order valence-electron chi connectivity index (χ3n) is 2.92. The Morgan fingerprint density at radius 2 is 1.89 bits per heavy atom. The third kappa shape index (κ3) is 2.44. The van der Waals surface area contributed by atoms with Crippen LogP contribution >= 0.6 is 43.2 Å². The average Bonchev–Trinajstić information content (AvgIpc) is 2.92. The molecule has 0 aliphatic heterocycles. The van der Waals surface area contributed by atoms with E-state index in [0.29, 0.717) is 0 Å². The van der Waals surface area contributed by atoms with E-state index in [-0.39, 0.29) is 10.5 Å². The van der Waals surface area contributed by atoms with Gasteiger partial charge in [0.05, 0.1) is 15.9 Å². The number of benzene rings is 1. The van der Waals surface area contributed by atoms with Crippen LogP contribution in [0.3, 0.4) is 0 Å². The van der Waals surface area contributed by atoms with Crippen molar-refractivity contribution in [2.45, 2.75) is 11.8 Å². The minimum atomic E-state index is -0.183. The van der Waals surface area contributed by atoms with Crippen molar-refractivity contribution in [2.75, 3.05) is 0 Å². The molecule has 3 rings (SSSR count). The Morgan fingerprint density at radius 1 is 1.21 bits per heavy atom. The van der Waals surface area contributed by atoms with Gasteiger partial charge < -0.3 is 9.97 Å². The number of hydrogen-bond donors (Lipinski definition) is 2. The fraction of sp³-hybridized carbons (Fsp3) is 0.154. The van der Waals surface area contributed by atoms with E-state index in [1.807, 2.05) is 12.1 Å². The summed E-state index contributed by atoms with van der Waals surface area (Å²) in [6.07, 6.45) is 0. The van der Waals surface area contributed by atoms with Gasteiger partial charge in [-0.2, -0.15) is 0 Å². The molecular formula is C13H10Br2N2OS. The van der Waals surface area contributed by atoms with Crippen molar-refractivity contribution in [3.8, 4) is 0 Å². The van der Waals surface area contributed by atoms with Gasteiger partial charge in [0.2, 0.25) is 0 Å². The molecule has 0 fully saturated rings. The number of halogens is 2. The van der Waals surface area contributed by atoms with Crippen LogP contribution in [0.2, 0.25) is 0 Å². The van der Waals surface area contributed by atoms with Crippen LogP contribution in [0.5, 0.6) is 0 Å². The smallest absolute Gasteiger partial charge is 0.306 e. The van der Waals surface area contributed by atoms with Crippen LogP contribution in [-0.4, -0.2) is 9.97 Å². The van der Waals surface area contributed by atoms with E-state index in [0.717, 1.165) is 21.1 Å². The fourth-order valence-corrected chi connectivity index (χ4v) is 4.58. The number of H-pyrrole nitrogens is 2. The Labute approximate surface area is 130 Å². The van der Waals surface area contributed by atoms with Crippen molar-refractivity contribution in [3.05, 3.63) is 54.5 Å². The summed E-state index contributed by atoms with van der Waals surface area (Å²) < 4.78 is 0.975. The number of imidazole rings is 1. The van der Waals surface area contributed by atoms with Gasteiger partial charge in [-0.3, -0.25) is 0 Å². The average molecular weight is 402 g/mol. The molecule has 0 bridgehead atoms. The molecule has 6 heteroatoms. The number of aromatic nitrogens is 2. The summed E-state index contributed by atoms with van der Waals surface area (Å²) in [5.41, 5.74) is 2.55. The van der Waals surface area contributed by atoms with Gasteiger partial charge in [-0.1, -0.05) is 31.9 Å². The highest BCUT2D eigenvalue weighted by atomic mass is 79.9. The lowest BCUT2D eigenvalue weighted by atomic mass is 10.1. The highest BCUT2D eigenvalue weighted by Crippen LogP contribution is 2.39. The van der Waals surface area contributed by atoms with Crippen molar-refractivity contribution >= 4 is 54.2 Å². The number of aryl methyl sites for hydroxylation is 1. The number of fused-ring (bicyclic) bond motifs is 1. The maximum Gasteiger partial charge on any atom is 0.323 e. The van der Waals surface area contributed by atoms with Crippen LogP contribution in [-0.2, 0) is 0 Å². The molecule has 1 unspecified atom stereocenters. The second-order valence-electron chi connectivity index (χ2n) is 4.31. The first-order chi connectivity index (χ1) is 9.04. The van der Waals surface area contributed by atoms with Gasteiger partial charge >= 0.3 is 5.69 Å². The zero-order chi connectivity index (χ0) is 13.6. The lowest BCUT2D eigenvalue weighted by Gasteiger charge is -2.10. The van der Waals surface area contributed by atoms with E-state index in [9.17, 15) is 4.79 Å². The van der Waals surface area contributed by atoms with E-state index >= 15 is 0 Å². The van der Waals surface area contributed by atoms with Gasteiger partial charge in [-0.05, 0) is 36.8 Å². The topological polar surface area (TPSA) is 48.6 Å². The van der Waals surface area contributed by atoms with Crippen molar-refractivity contribution in [2.24, 2.45) is 0 Å². The van der Waals surface area contributed by atoms with Crippen LogP contribution in [0, 0.1) is 6.92 Å². The summed E-state index contributed by atoms with van der Waals surface area (Å²) in [5.74, 6) is 0. The maximum absolute atomic E-state index is 11.3. The second-order valence-corrected chi connectivity index (χ2v) is 7.40. The highest BCUT2D eigenvalue weighted by Gasteiger charge is 2.16. The van der Waals surface area contributed by atoms with Crippen molar-refractivity contribution in [1.29, 1.82) is 0 Å². The Balaban J connectivity index is 2.13. The van der Waals surface area contributed by atoms with Crippen LogP contribution in [0.4, 0.5) is 0 Å². The molecule has 0 saturated carbocycles. The number of nitrogens with one attached hydrogen (secondary N) is 2. The van der Waals surface area contributed by atoms with E-state index < -0.39 is 0 Å². The molecule has 1 atom stereocenters. The number of hydrogen-bond acceptors (Lipinski definition) is 2. The molecule has 2 heterocycles. The monoisotopic (exact) mass is 400 g/mol. The minimum Gasteiger partial charge on any atom is -0.306 e. The zero-order valence-electron chi connectivity index (χ0n) is 9.96. The normalized spacial score (nSPS) is 13.0. The standard InChI is InChI=1S/C13H10Br2N2OS/c1-6-2-3-11(19-6)12(15)7-4-9-10(5-8(7)14)17-13(18)16-9/h2-5,12H,1H3,(H2,16,17,18). The molecule has 19 heavy (non-hydrogen) atoms. The summed E-state index contributed by atoms with van der Waals surface area (Å²) in [4.78, 5) is 19.5. The molecule has 0 aliphatic carbocycles. The lowest BCUT2D eigenvalue weighted by molar-refractivity contribution is 1.21. The van der Waals surface area contributed by atoms with Crippen molar-refractivity contribution in [1.82, 2.24) is 9.97 Å². The summed E-state index contributed by atoms with van der Waals surface area (Å²) in [7, 11) is 0. The molecule has 0 radical (unpaired) electrons. The SMILES string of the molecule is Cc1ccc(C(Br)c2cc3[nH]c(=O)[nH]c3cc2Br)s1. The second kappa shape index (κ2) is 4.92. The molecular weight excluding hydrogens is 392 g/mol. The summed E-state index contributed by atoms with van der Waals surface area (Å²) in [6.45, 7) is 2.09. The first-order valence-corrected chi connectivity index (χ1v) is 8.19. The molecule has 0 aliphatic rings. The lowest BCUT2D eigenvalue weighted by Crippen LogP contribution is -1.99. The first-order valence-electron chi connectivity index (χ1n) is 5.66. The quantitative estimate of drug-likeness (QED) is 0.611. The molecule has 1 aromatic carbocycles. The molecule has 2 aromatic heterocycles. The number of thiophene rings is 1. The van der Waals surface area contributed by atoms with Gasteiger partial charge in [-0.25, -0.2) is 4.79 Å². The third-order valence-corrected chi connectivity index (χ3v) is 5.96. The van der Waals surface area contributed by atoms with E-state index in [1.165, 1.54) is 9.75 Å². The van der Waals surface area contributed by atoms with Gasteiger partial charge in [0.15, 0.2) is 0 Å². The van der Waals surface area contributed by atoms with E-state index in [4.69, 9.17) is 0 Å². The summed E-state index contributed by atoms with van der Waals surface area (Å²) in [6, 6.07) is 8.15. The van der Waals surface area contributed by atoms with Crippen LogP contribution < -0.4 is 5.69 Å².